The fourth-order valence-corrected chi connectivity index (χ4v) is 3.21. The number of amidine groups is 1. The topological polar surface area (TPSA) is 204 Å². The van der Waals surface area contributed by atoms with E-state index < -0.39 is 36.4 Å². The second kappa shape index (κ2) is 16.7. The lowest BCUT2D eigenvalue weighted by molar-refractivity contribution is -0.193. The number of hydrogen-bond acceptors (Lipinski definition) is 7. The summed E-state index contributed by atoms with van der Waals surface area (Å²) in [5.74, 6) is -5.23. The minimum absolute atomic E-state index is 0.00106. The van der Waals surface area contributed by atoms with E-state index in [2.05, 4.69) is 16.0 Å². The average Bonchev–Trinajstić information content (AvgIpc) is 3.40. The highest BCUT2D eigenvalue weighted by Crippen LogP contribution is 2.17. The third kappa shape index (κ3) is 13.9. The molecule has 2 amide bonds. The highest BCUT2D eigenvalue weighted by atomic mass is 19.4. The Morgan fingerprint density at radius 2 is 1.48 bits per heavy atom. The van der Waals surface area contributed by atoms with E-state index in [0.29, 0.717) is 25.1 Å². The van der Waals surface area contributed by atoms with E-state index in [0.717, 1.165) is 11.3 Å². The van der Waals surface area contributed by atoms with E-state index in [1.807, 2.05) is 30.3 Å². The Bertz CT molecular complexity index is 1250. The SMILES string of the molecule is CC(NC(=O)[C@H]1C[C@H](Oc2ccccc2)CN1)C(=O)NCc1ccc(C(=N)N)cc1.O=C(O)C(F)(F)F.O=C(O)C(F)(F)F. The van der Waals surface area contributed by atoms with Crippen molar-refractivity contribution in [1.29, 1.82) is 5.41 Å². The molecule has 18 heteroatoms. The molecule has 0 aliphatic carbocycles. The number of carbonyl (C=O) groups excluding carboxylic acids is 2. The van der Waals surface area contributed by atoms with E-state index in [4.69, 9.17) is 35.7 Å². The molecular formula is C26H29F6N5O7. The van der Waals surface area contributed by atoms with Crippen molar-refractivity contribution in [3.63, 3.8) is 0 Å². The molecule has 8 N–H and O–H groups in total. The minimum Gasteiger partial charge on any atom is -0.489 e. The first-order chi connectivity index (χ1) is 20.3. The number of nitrogens with two attached hydrogens (primary N) is 1. The molecule has 3 rings (SSSR count). The molecule has 0 radical (unpaired) electrons. The lowest BCUT2D eigenvalue weighted by atomic mass is 10.1. The molecule has 2 aromatic carbocycles. The van der Waals surface area contributed by atoms with Gasteiger partial charge in [0.1, 0.15) is 23.7 Å². The predicted molar refractivity (Wildman–Crippen MR) is 142 cm³/mol. The zero-order chi connectivity index (χ0) is 33.7. The molecule has 3 atom stereocenters. The van der Waals surface area contributed by atoms with Crippen LogP contribution in [0.2, 0.25) is 0 Å². The number of nitrogens with one attached hydrogen (secondary N) is 4. The van der Waals surface area contributed by atoms with Gasteiger partial charge in [0, 0.05) is 25.1 Å². The summed E-state index contributed by atoms with van der Waals surface area (Å²) in [5, 5.41) is 30.3. The van der Waals surface area contributed by atoms with Gasteiger partial charge >= 0.3 is 24.3 Å². The molecular weight excluding hydrogens is 608 g/mol. The number of rotatable bonds is 8. The molecule has 2 aromatic rings. The summed E-state index contributed by atoms with van der Waals surface area (Å²) in [7, 11) is 0. The van der Waals surface area contributed by atoms with Crippen molar-refractivity contribution in [3.8, 4) is 5.75 Å². The summed E-state index contributed by atoms with van der Waals surface area (Å²) in [6.07, 6.45) is -9.72. The van der Waals surface area contributed by atoms with Gasteiger partial charge in [-0.1, -0.05) is 42.5 Å². The van der Waals surface area contributed by atoms with Gasteiger partial charge in [0.2, 0.25) is 11.8 Å². The van der Waals surface area contributed by atoms with E-state index in [1.54, 1.807) is 31.2 Å². The number of carbonyl (C=O) groups is 4. The molecule has 0 aromatic heterocycles. The number of benzene rings is 2. The van der Waals surface area contributed by atoms with E-state index >= 15 is 0 Å². The van der Waals surface area contributed by atoms with Crippen LogP contribution < -0.4 is 26.4 Å². The fraction of sp³-hybridized carbons (Fsp3) is 0.346. The van der Waals surface area contributed by atoms with Gasteiger partial charge < -0.3 is 36.6 Å². The van der Waals surface area contributed by atoms with Crippen molar-refractivity contribution in [2.75, 3.05) is 6.54 Å². The van der Waals surface area contributed by atoms with Crippen LogP contribution in [0.1, 0.15) is 24.5 Å². The monoisotopic (exact) mass is 637 g/mol. The maximum absolute atomic E-state index is 12.5. The Hall–Kier alpha value is -4.87. The number of nitrogen functional groups attached to an aromatic ring is 1. The van der Waals surface area contributed by atoms with Gasteiger partial charge in [-0.25, -0.2) is 9.59 Å². The lowest BCUT2D eigenvalue weighted by Gasteiger charge is -2.17. The molecule has 0 bridgehead atoms. The molecule has 0 spiro atoms. The molecule has 1 fully saturated rings. The zero-order valence-electron chi connectivity index (χ0n) is 22.8. The number of carboxylic acid groups (broad SMARTS) is 2. The Labute approximate surface area is 246 Å². The van der Waals surface area contributed by atoms with Gasteiger partial charge in [-0.3, -0.25) is 15.0 Å². The third-order valence-electron chi connectivity index (χ3n) is 5.42. The van der Waals surface area contributed by atoms with Crippen LogP contribution in [-0.4, -0.2) is 76.9 Å². The molecule has 12 nitrogen and oxygen atoms in total. The quantitative estimate of drug-likeness (QED) is 0.129. The van der Waals surface area contributed by atoms with Crippen LogP contribution in [0.3, 0.4) is 0 Å². The van der Waals surface area contributed by atoms with Gasteiger partial charge in [-0.15, -0.1) is 0 Å². The van der Waals surface area contributed by atoms with Crippen molar-refractivity contribution in [1.82, 2.24) is 16.0 Å². The molecule has 0 saturated carbocycles. The first kappa shape index (κ1) is 37.2. The van der Waals surface area contributed by atoms with Gasteiger partial charge in [0.25, 0.3) is 0 Å². The largest absolute Gasteiger partial charge is 0.490 e. The maximum atomic E-state index is 12.5. The van der Waals surface area contributed by atoms with Crippen LogP contribution in [0.4, 0.5) is 26.3 Å². The van der Waals surface area contributed by atoms with Crippen molar-refractivity contribution >= 4 is 29.6 Å². The van der Waals surface area contributed by atoms with Gasteiger partial charge in [-0.2, -0.15) is 26.3 Å². The second-order valence-electron chi connectivity index (χ2n) is 8.91. The Balaban J connectivity index is 0.000000574. The zero-order valence-corrected chi connectivity index (χ0v) is 22.8. The molecule has 1 heterocycles. The van der Waals surface area contributed by atoms with E-state index in [1.165, 1.54) is 0 Å². The van der Waals surface area contributed by atoms with Crippen LogP contribution >= 0.6 is 0 Å². The standard InChI is InChI=1S/C22H27N5O3.2C2HF3O2/c1-14(21(28)26-12-15-7-9-16(10-8-15)20(23)24)27-22(29)19-11-18(13-25-19)30-17-5-3-2-4-6-17;2*3-2(4,5)1(6)7/h2-10,14,18-19,25H,11-13H2,1H3,(H3,23,24)(H,26,28)(H,27,29);2*(H,6,7)/t14?,18-,19+;;/m0../s1. The first-order valence-corrected chi connectivity index (χ1v) is 12.4. The van der Waals surface area contributed by atoms with E-state index in [9.17, 15) is 35.9 Å². The van der Waals surface area contributed by atoms with Gasteiger partial charge in [0.05, 0.1) is 6.04 Å². The number of carboxylic acids is 2. The van der Waals surface area contributed by atoms with Crippen LogP contribution in [0.25, 0.3) is 0 Å². The number of halogens is 6. The molecule has 44 heavy (non-hydrogen) atoms. The number of aliphatic carboxylic acids is 2. The molecule has 242 valence electrons. The molecule has 1 aliphatic rings. The molecule has 1 saturated heterocycles. The smallest absolute Gasteiger partial charge is 0.489 e. The Morgan fingerprint density at radius 1 is 0.977 bits per heavy atom. The molecule has 1 unspecified atom stereocenters. The maximum Gasteiger partial charge on any atom is 0.490 e. The van der Waals surface area contributed by atoms with Gasteiger partial charge in [-0.05, 0) is 24.6 Å². The number of para-hydroxylation sites is 1. The Morgan fingerprint density at radius 3 is 1.93 bits per heavy atom. The summed E-state index contributed by atoms with van der Waals surface area (Å²) < 4.78 is 69.3. The van der Waals surface area contributed by atoms with E-state index in [-0.39, 0.29) is 23.8 Å². The summed E-state index contributed by atoms with van der Waals surface area (Å²) in [5.41, 5.74) is 6.94. The highest BCUT2D eigenvalue weighted by molar-refractivity contribution is 5.95. The summed E-state index contributed by atoms with van der Waals surface area (Å²) in [6, 6.07) is 15.5. The summed E-state index contributed by atoms with van der Waals surface area (Å²) in [4.78, 5) is 42.6. The fourth-order valence-electron chi connectivity index (χ4n) is 3.21. The lowest BCUT2D eigenvalue weighted by Crippen LogP contribution is -2.49. The predicted octanol–water partition coefficient (Wildman–Crippen LogP) is 2.17. The second-order valence-corrected chi connectivity index (χ2v) is 8.91. The number of alkyl halides is 6. The van der Waals surface area contributed by atoms with Gasteiger partial charge in [0.15, 0.2) is 0 Å². The van der Waals surface area contributed by atoms with Crippen molar-refractivity contribution in [2.45, 2.75) is 50.4 Å². The highest BCUT2D eigenvalue weighted by Gasteiger charge is 2.39. The summed E-state index contributed by atoms with van der Waals surface area (Å²) >= 11 is 0. The van der Waals surface area contributed by atoms with Crippen LogP contribution in [0.15, 0.2) is 54.6 Å². The van der Waals surface area contributed by atoms with Crippen molar-refractivity contribution in [2.24, 2.45) is 5.73 Å². The number of ether oxygens (including phenoxy) is 1. The van der Waals surface area contributed by atoms with Crippen LogP contribution in [0.5, 0.6) is 5.75 Å². The van der Waals surface area contributed by atoms with Crippen molar-refractivity contribution in [3.05, 3.63) is 65.7 Å². The number of amides is 2. The van der Waals surface area contributed by atoms with Crippen molar-refractivity contribution < 1.29 is 60.5 Å². The third-order valence-corrected chi connectivity index (χ3v) is 5.42. The summed E-state index contributed by atoms with van der Waals surface area (Å²) in [6.45, 7) is 2.55. The normalized spacial score (nSPS) is 16.5. The Kier molecular flexibility index (Phi) is 14.1. The average molecular weight is 638 g/mol. The van der Waals surface area contributed by atoms with Crippen LogP contribution in [0, 0.1) is 5.41 Å². The minimum atomic E-state index is -5.08. The van der Waals surface area contributed by atoms with Crippen LogP contribution in [-0.2, 0) is 25.7 Å². The first-order valence-electron chi connectivity index (χ1n) is 12.4. The molecule has 1 aliphatic heterocycles. The number of hydrogen-bond donors (Lipinski definition) is 7.